The van der Waals surface area contributed by atoms with Gasteiger partial charge in [0.1, 0.15) is 0 Å². The molecule has 1 N–H and O–H groups in total. The van der Waals surface area contributed by atoms with Crippen molar-refractivity contribution in [2.75, 3.05) is 4.72 Å². The monoisotopic (exact) mass is 465 g/mol. The van der Waals surface area contributed by atoms with Crippen LogP contribution in [0.2, 0.25) is 0 Å². The van der Waals surface area contributed by atoms with Gasteiger partial charge in [0, 0.05) is 7.05 Å². The van der Waals surface area contributed by atoms with Gasteiger partial charge in [0.2, 0.25) is 0 Å². The lowest BCUT2D eigenvalue weighted by Gasteiger charge is -2.11. The second-order valence-corrected chi connectivity index (χ2v) is 10.4. The number of anilines is 1. The highest BCUT2D eigenvalue weighted by Gasteiger charge is 2.19. The second-order valence-electron chi connectivity index (χ2n) is 7.75. The summed E-state index contributed by atoms with van der Waals surface area (Å²) < 4.78 is 31.2. The van der Waals surface area contributed by atoms with Crippen LogP contribution in [0.1, 0.15) is 27.0 Å². The van der Waals surface area contributed by atoms with Crippen molar-refractivity contribution in [2.24, 2.45) is 12.0 Å². The van der Waals surface area contributed by atoms with E-state index in [0.29, 0.717) is 4.80 Å². The Hall–Kier alpha value is -3.23. The molecule has 0 spiro atoms. The summed E-state index contributed by atoms with van der Waals surface area (Å²) in [5, 5.41) is 0. The highest BCUT2D eigenvalue weighted by Crippen LogP contribution is 2.24. The Labute approximate surface area is 190 Å². The van der Waals surface area contributed by atoms with Gasteiger partial charge in [-0.2, -0.15) is 4.99 Å². The van der Waals surface area contributed by atoms with E-state index >= 15 is 0 Å². The molecule has 0 fully saturated rings. The molecule has 0 saturated heterocycles. The first-order valence-corrected chi connectivity index (χ1v) is 12.3. The van der Waals surface area contributed by atoms with Gasteiger partial charge in [0.25, 0.3) is 15.9 Å². The third-order valence-electron chi connectivity index (χ3n) is 5.17. The number of benzene rings is 3. The fraction of sp³-hybridized carbons (Fsp3) is 0.167. The molecule has 1 amide bonds. The Bertz CT molecular complexity index is 1510. The zero-order chi connectivity index (χ0) is 23.0. The van der Waals surface area contributed by atoms with Gasteiger partial charge in [-0.25, -0.2) is 8.42 Å². The number of carbonyl (C=O) groups is 1. The van der Waals surface area contributed by atoms with E-state index in [1.807, 2.05) is 32.4 Å². The number of rotatable bonds is 4. The smallest absolute Gasteiger partial charge is 0.281 e. The zero-order valence-corrected chi connectivity index (χ0v) is 19.8. The molecule has 0 radical (unpaired) electrons. The minimum atomic E-state index is -3.84. The number of sulfonamides is 1. The lowest BCUT2D eigenvalue weighted by Crippen LogP contribution is -2.17. The zero-order valence-electron chi connectivity index (χ0n) is 18.2. The van der Waals surface area contributed by atoms with Crippen LogP contribution in [0.3, 0.4) is 0 Å². The SMILES string of the molecule is Cc1ccc(S(=O)(=O)Nc2ccccc2C(=O)N=c2sc3c(C)cc(C)cc3n2C)cc1. The Morgan fingerprint density at radius 2 is 1.66 bits per heavy atom. The van der Waals surface area contributed by atoms with Crippen molar-refractivity contribution < 1.29 is 13.2 Å². The first-order chi connectivity index (χ1) is 15.2. The normalized spacial score (nSPS) is 12.3. The van der Waals surface area contributed by atoms with Gasteiger partial charge in [-0.05, 0) is 62.2 Å². The third-order valence-corrected chi connectivity index (χ3v) is 7.84. The quantitative estimate of drug-likeness (QED) is 0.474. The fourth-order valence-electron chi connectivity index (χ4n) is 3.50. The summed E-state index contributed by atoms with van der Waals surface area (Å²) in [7, 11) is -1.97. The molecule has 0 aliphatic heterocycles. The number of carbonyl (C=O) groups excluding carboxylic acids is 1. The predicted molar refractivity (Wildman–Crippen MR) is 129 cm³/mol. The van der Waals surface area contributed by atoms with Crippen molar-refractivity contribution in [2.45, 2.75) is 25.7 Å². The van der Waals surface area contributed by atoms with Gasteiger partial charge in [-0.1, -0.05) is 47.2 Å². The molecule has 1 aromatic heterocycles. The average molecular weight is 466 g/mol. The first-order valence-electron chi connectivity index (χ1n) is 10.00. The Balaban J connectivity index is 1.74. The van der Waals surface area contributed by atoms with Gasteiger partial charge in [-0.15, -0.1) is 0 Å². The molecule has 0 saturated carbocycles. The van der Waals surface area contributed by atoms with Gasteiger partial charge >= 0.3 is 0 Å². The molecule has 0 aliphatic carbocycles. The predicted octanol–water partition coefficient (Wildman–Crippen LogP) is 4.71. The van der Waals surface area contributed by atoms with Gasteiger partial charge in [-0.3, -0.25) is 9.52 Å². The molecule has 1 heterocycles. The molecule has 0 unspecified atom stereocenters. The summed E-state index contributed by atoms with van der Waals surface area (Å²) in [6, 6.07) is 17.2. The average Bonchev–Trinajstić information content (AvgIpc) is 3.04. The number of para-hydroxylation sites is 1. The number of thiazole rings is 1. The maximum absolute atomic E-state index is 13.1. The van der Waals surface area contributed by atoms with E-state index in [4.69, 9.17) is 0 Å². The minimum absolute atomic E-state index is 0.129. The Morgan fingerprint density at radius 1 is 0.969 bits per heavy atom. The third kappa shape index (κ3) is 4.24. The molecule has 0 atom stereocenters. The number of aromatic nitrogens is 1. The van der Waals surface area contributed by atoms with Gasteiger partial charge < -0.3 is 4.57 Å². The topological polar surface area (TPSA) is 80.5 Å². The van der Waals surface area contributed by atoms with Crippen LogP contribution in [0.5, 0.6) is 0 Å². The van der Waals surface area contributed by atoms with Crippen LogP contribution < -0.4 is 9.52 Å². The number of nitrogens with one attached hydrogen (secondary N) is 1. The number of nitrogens with zero attached hydrogens (tertiary/aromatic N) is 2. The summed E-state index contributed by atoms with van der Waals surface area (Å²) >= 11 is 1.44. The number of aryl methyl sites for hydroxylation is 4. The summed E-state index contributed by atoms with van der Waals surface area (Å²) in [4.78, 5) is 18.1. The van der Waals surface area contributed by atoms with Crippen molar-refractivity contribution in [1.29, 1.82) is 0 Å². The van der Waals surface area contributed by atoms with E-state index in [2.05, 4.69) is 21.8 Å². The standard InChI is InChI=1S/C24H23N3O3S2/c1-15-9-11-18(12-10-15)32(29,30)26-20-8-6-5-7-19(20)23(28)25-24-27(4)21-14-16(2)13-17(3)22(21)31-24/h5-14,26H,1-4H3. The van der Waals surface area contributed by atoms with Gasteiger partial charge in [0.15, 0.2) is 4.80 Å². The fourth-order valence-corrected chi connectivity index (χ4v) is 5.65. The number of fused-ring (bicyclic) bond motifs is 1. The van der Waals surface area contributed by atoms with Gasteiger partial charge in [0.05, 0.1) is 26.4 Å². The van der Waals surface area contributed by atoms with Crippen molar-refractivity contribution in [1.82, 2.24) is 4.57 Å². The molecule has 0 bridgehead atoms. The van der Waals surface area contributed by atoms with Crippen molar-refractivity contribution in [3.63, 3.8) is 0 Å². The molecule has 164 valence electrons. The number of hydrogen-bond acceptors (Lipinski definition) is 4. The van der Waals surface area contributed by atoms with Crippen LogP contribution in [-0.4, -0.2) is 18.9 Å². The van der Waals surface area contributed by atoms with E-state index in [1.165, 1.54) is 23.5 Å². The summed E-state index contributed by atoms with van der Waals surface area (Å²) in [6.45, 7) is 5.95. The molecule has 32 heavy (non-hydrogen) atoms. The summed E-state index contributed by atoms with van der Waals surface area (Å²) in [6.07, 6.45) is 0. The highest BCUT2D eigenvalue weighted by molar-refractivity contribution is 7.92. The molecule has 3 aromatic carbocycles. The van der Waals surface area contributed by atoms with E-state index in [9.17, 15) is 13.2 Å². The summed E-state index contributed by atoms with van der Waals surface area (Å²) in [5.41, 5.74) is 4.61. The molecule has 4 rings (SSSR count). The van der Waals surface area contributed by atoms with Crippen LogP contribution in [0.15, 0.2) is 70.6 Å². The maximum Gasteiger partial charge on any atom is 0.281 e. The van der Waals surface area contributed by atoms with E-state index in [0.717, 1.165) is 26.9 Å². The van der Waals surface area contributed by atoms with Crippen LogP contribution >= 0.6 is 11.3 Å². The first kappa shape index (κ1) is 22.0. The van der Waals surface area contributed by atoms with Crippen molar-refractivity contribution in [3.05, 3.63) is 87.7 Å². The molecule has 8 heteroatoms. The van der Waals surface area contributed by atoms with Crippen molar-refractivity contribution in [3.8, 4) is 0 Å². The number of hydrogen-bond donors (Lipinski definition) is 1. The molecular weight excluding hydrogens is 442 g/mol. The Kier molecular flexibility index (Phi) is 5.75. The van der Waals surface area contributed by atoms with Crippen LogP contribution in [0.25, 0.3) is 10.2 Å². The van der Waals surface area contributed by atoms with Crippen LogP contribution in [0.4, 0.5) is 5.69 Å². The second kappa shape index (κ2) is 8.37. The molecule has 6 nitrogen and oxygen atoms in total. The van der Waals surface area contributed by atoms with Crippen LogP contribution in [-0.2, 0) is 17.1 Å². The van der Waals surface area contributed by atoms with Crippen molar-refractivity contribution >= 4 is 43.2 Å². The lowest BCUT2D eigenvalue weighted by molar-refractivity contribution is 0.0999. The van der Waals surface area contributed by atoms with E-state index < -0.39 is 15.9 Å². The minimum Gasteiger partial charge on any atom is -0.319 e. The van der Waals surface area contributed by atoms with E-state index in [-0.39, 0.29) is 16.1 Å². The van der Waals surface area contributed by atoms with Crippen LogP contribution in [0, 0.1) is 20.8 Å². The Morgan fingerprint density at radius 3 is 2.38 bits per heavy atom. The van der Waals surface area contributed by atoms with E-state index in [1.54, 1.807) is 36.4 Å². The largest absolute Gasteiger partial charge is 0.319 e. The highest BCUT2D eigenvalue weighted by atomic mass is 32.2. The molecule has 4 aromatic rings. The molecule has 0 aliphatic rings. The number of amides is 1. The maximum atomic E-state index is 13.1. The molecular formula is C24H23N3O3S2. The lowest BCUT2D eigenvalue weighted by atomic mass is 10.1. The summed E-state index contributed by atoms with van der Waals surface area (Å²) in [5.74, 6) is -0.510.